The molecule has 1 saturated heterocycles. The number of hydrogen-bond donors (Lipinski definition) is 2. The maximum absolute atomic E-state index is 13.5. The zero-order valence-corrected chi connectivity index (χ0v) is 25.5. The van der Waals surface area contributed by atoms with E-state index in [0.717, 1.165) is 5.12 Å². The minimum Gasteiger partial charge on any atom is -0.449 e. The zero-order valence-electron chi connectivity index (χ0n) is 23.8. The van der Waals surface area contributed by atoms with Crippen LogP contribution in [0.4, 0.5) is 9.59 Å². The fourth-order valence-corrected chi connectivity index (χ4v) is 4.72. The van der Waals surface area contributed by atoms with Gasteiger partial charge in [-0.2, -0.15) is 8.42 Å². The van der Waals surface area contributed by atoms with E-state index in [4.69, 9.17) is 15.3 Å². The molecule has 0 aromatic heterocycles. The maximum atomic E-state index is 13.5. The van der Waals surface area contributed by atoms with E-state index in [2.05, 4.69) is 9.79 Å². The van der Waals surface area contributed by atoms with Crippen LogP contribution in [-0.2, 0) is 34.6 Å². The van der Waals surface area contributed by atoms with E-state index in [1.54, 1.807) is 34.6 Å². The van der Waals surface area contributed by atoms with Crippen LogP contribution in [0.3, 0.4) is 0 Å². The number of ether oxygens (including phenoxy) is 2. The van der Waals surface area contributed by atoms with Crippen molar-refractivity contribution in [3.8, 4) is 0 Å². The van der Waals surface area contributed by atoms with Crippen molar-refractivity contribution in [1.82, 2.24) is 20.5 Å². The smallest absolute Gasteiger partial charge is 0.410 e. The monoisotopic (exact) mass is 598 g/mol. The van der Waals surface area contributed by atoms with Gasteiger partial charge in [0, 0.05) is 13.1 Å². The molecule has 0 spiro atoms. The van der Waals surface area contributed by atoms with Crippen LogP contribution >= 0.6 is 0 Å². The van der Waals surface area contributed by atoms with E-state index >= 15 is 0 Å². The van der Waals surface area contributed by atoms with Gasteiger partial charge in [-0.3, -0.25) is 4.79 Å². The Labute approximate surface area is 231 Å². The minimum absolute atomic E-state index is 0.00331. The number of carbonyl (C=O) groups is 3. The lowest BCUT2D eigenvalue weighted by Gasteiger charge is -2.39. The lowest BCUT2D eigenvalue weighted by molar-refractivity contribution is -0.158. The molecule has 3 amide bonds. The van der Waals surface area contributed by atoms with Crippen molar-refractivity contribution in [2.45, 2.75) is 90.7 Å². The molecule has 1 unspecified atom stereocenters. The average molecular weight is 599 g/mol. The molecule has 0 aromatic rings. The first-order valence-corrected chi connectivity index (χ1v) is 15.2. The molecule has 0 saturated carbocycles. The number of nitrogens with one attached hydrogen (secondary N) is 1. The number of likely N-dealkylation sites (tertiary alicyclic amines) is 1. The Kier molecular flexibility index (Phi) is 12.1. The Balaban J connectivity index is 3.21. The summed E-state index contributed by atoms with van der Waals surface area (Å²) < 4.78 is 61.2. The zero-order chi connectivity index (χ0) is 30.3. The fourth-order valence-electron chi connectivity index (χ4n) is 3.26. The second-order valence-corrected chi connectivity index (χ2v) is 15.0. The highest BCUT2D eigenvalue weighted by molar-refractivity contribution is 7.92. The molecule has 39 heavy (non-hydrogen) atoms. The third-order valence-corrected chi connectivity index (χ3v) is 8.43. The van der Waals surface area contributed by atoms with Crippen LogP contribution in [0.15, 0.2) is 4.47 Å². The number of carbonyl (C=O) groups excluding carboxylic acids is 3. The predicted octanol–water partition coefficient (Wildman–Crippen LogP) is 1.25. The summed E-state index contributed by atoms with van der Waals surface area (Å²) in [6.45, 7) is 13.4. The van der Waals surface area contributed by atoms with Gasteiger partial charge in [0.05, 0.1) is 23.1 Å². The molecule has 0 bridgehead atoms. The molecular formula is C22H42N6O9S2. The van der Waals surface area contributed by atoms with E-state index in [1.807, 2.05) is 0 Å². The molecule has 1 atom stereocenters. The molecule has 17 heteroatoms. The Morgan fingerprint density at radius 1 is 1.10 bits per heavy atom. The summed E-state index contributed by atoms with van der Waals surface area (Å²) in [5.41, 5.74) is -0.695. The van der Waals surface area contributed by atoms with Gasteiger partial charge in [-0.25, -0.2) is 23.8 Å². The van der Waals surface area contributed by atoms with Gasteiger partial charge in [0.2, 0.25) is 0 Å². The Morgan fingerprint density at radius 2 is 1.64 bits per heavy atom. The molecule has 1 aliphatic heterocycles. The van der Waals surface area contributed by atoms with Crippen LogP contribution in [-0.4, -0.2) is 97.9 Å². The summed E-state index contributed by atoms with van der Waals surface area (Å²) in [6, 6.07) is -2.43. The van der Waals surface area contributed by atoms with Gasteiger partial charge in [-0.1, -0.05) is 13.8 Å². The van der Waals surface area contributed by atoms with Crippen molar-refractivity contribution in [3.63, 3.8) is 0 Å². The van der Waals surface area contributed by atoms with Crippen molar-refractivity contribution >= 4 is 38.4 Å². The Hall–Kier alpha value is -2.50. The summed E-state index contributed by atoms with van der Waals surface area (Å²) in [5.74, 6) is 4.02. The summed E-state index contributed by atoms with van der Waals surface area (Å²) >= 11 is 0. The molecule has 0 aromatic carbocycles. The van der Waals surface area contributed by atoms with E-state index in [0.29, 0.717) is 5.12 Å². The highest BCUT2D eigenvalue weighted by atomic mass is 32.2. The molecule has 3 N–H and O–H groups in total. The number of alkyl carbamates (subject to hydrolysis) is 1. The highest BCUT2D eigenvalue weighted by Gasteiger charge is 2.40. The first-order chi connectivity index (χ1) is 17.6. The van der Waals surface area contributed by atoms with Gasteiger partial charge in [-0.15, -0.1) is 10.2 Å². The Morgan fingerprint density at radius 3 is 2.08 bits per heavy atom. The normalized spacial score (nSPS) is 16.0. The molecule has 0 aliphatic carbocycles. The first-order valence-electron chi connectivity index (χ1n) is 12.5. The van der Waals surface area contributed by atoms with Crippen LogP contribution in [0, 0.1) is 5.92 Å². The third kappa shape index (κ3) is 11.3. The predicted molar refractivity (Wildman–Crippen MR) is 142 cm³/mol. The SMILES string of the molecule is CC(C)COC(=O)NC(CS(=O)(=O)C(C)(C)C)C(=O)N(N=S(=O)=O)N(N)C1CCN(C(=O)OC(C)(C)C)CC1. The van der Waals surface area contributed by atoms with Crippen molar-refractivity contribution < 1.29 is 40.7 Å². The second kappa shape index (κ2) is 13.7. The third-order valence-electron chi connectivity index (χ3n) is 5.51. The second-order valence-electron chi connectivity index (χ2n) is 11.6. The molecule has 226 valence electrons. The number of nitrogens with two attached hydrogens (primary N) is 1. The lowest BCUT2D eigenvalue weighted by Crippen LogP contribution is -2.61. The molecule has 1 aliphatic rings. The molecule has 1 rings (SSSR count). The van der Waals surface area contributed by atoms with Crippen LogP contribution < -0.4 is 11.2 Å². The van der Waals surface area contributed by atoms with Gasteiger partial charge in [-0.05, 0) is 64.8 Å². The quantitative estimate of drug-likeness (QED) is 0.286. The van der Waals surface area contributed by atoms with E-state index in [9.17, 15) is 31.2 Å². The number of amides is 3. The summed E-state index contributed by atoms with van der Waals surface area (Å²) in [7, 11) is -7.16. The summed E-state index contributed by atoms with van der Waals surface area (Å²) in [4.78, 5) is 39.7. The number of hydrazine groups is 2. The average Bonchev–Trinajstić information content (AvgIpc) is 2.78. The Bertz CT molecular complexity index is 1110. The summed E-state index contributed by atoms with van der Waals surface area (Å²) in [5, 5.41) is 3.30. The van der Waals surface area contributed by atoms with Crippen molar-refractivity contribution in [2.24, 2.45) is 16.2 Å². The van der Waals surface area contributed by atoms with Gasteiger partial charge in [0.1, 0.15) is 11.6 Å². The molecule has 1 heterocycles. The molecule has 1 fully saturated rings. The molecular weight excluding hydrogens is 556 g/mol. The van der Waals surface area contributed by atoms with E-state index in [-0.39, 0.29) is 38.5 Å². The maximum Gasteiger partial charge on any atom is 0.410 e. The number of rotatable bonds is 9. The van der Waals surface area contributed by atoms with Gasteiger partial charge < -0.3 is 19.7 Å². The van der Waals surface area contributed by atoms with Gasteiger partial charge >= 0.3 is 22.7 Å². The summed E-state index contributed by atoms with van der Waals surface area (Å²) in [6.07, 6.45) is -1.16. The molecule has 15 nitrogen and oxygen atoms in total. The fraction of sp³-hybridized carbons (Fsp3) is 0.864. The number of piperidine rings is 1. The number of hydrogen-bond acceptors (Lipinski definition) is 12. The van der Waals surface area contributed by atoms with Crippen LogP contribution in [0.1, 0.15) is 68.2 Å². The highest BCUT2D eigenvalue weighted by Crippen LogP contribution is 2.21. The number of nitrogens with zero attached hydrogens (tertiary/aromatic N) is 4. The largest absolute Gasteiger partial charge is 0.449 e. The number of sulfone groups is 1. The standard InChI is InChI=1S/C22H42N6O9S2/c1-15(2)13-36-19(30)24-17(14-39(34,35)22(6,7)8)18(29)28(25-38(32)33)27(23)16-9-11-26(12-10-16)20(31)37-21(3,4)5/h15-17H,9-14,23H2,1-8H3,(H,24,30). The van der Waals surface area contributed by atoms with Crippen LogP contribution in [0.2, 0.25) is 0 Å². The molecule has 0 radical (unpaired) electrons. The van der Waals surface area contributed by atoms with Crippen molar-refractivity contribution in [2.75, 3.05) is 25.4 Å². The van der Waals surface area contributed by atoms with Gasteiger partial charge in [0.15, 0.2) is 9.84 Å². The van der Waals surface area contributed by atoms with Crippen LogP contribution in [0.5, 0.6) is 0 Å². The van der Waals surface area contributed by atoms with Crippen LogP contribution in [0.25, 0.3) is 0 Å². The minimum atomic E-state index is -3.99. The van der Waals surface area contributed by atoms with Gasteiger partial charge in [0.25, 0.3) is 5.91 Å². The van der Waals surface area contributed by atoms with E-state index in [1.165, 1.54) is 25.7 Å². The van der Waals surface area contributed by atoms with Crippen molar-refractivity contribution in [3.05, 3.63) is 0 Å². The lowest BCUT2D eigenvalue weighted by atomic mass is 10.1. The topological polar surface area (TPSA) is 198 Å². The van der Waals surface area contributed by atoms with Crippen molar-refractivity contribution in [1.29, 1.82) is 0 Å². The van der Waals surface area contributed by atoms with E-state index < -0.39 is 66.6 Å². The first kappa shape index (κ1) is 34.5.